The van der Waals surface area contributed by atoms with Gasteiger partial charge in [0.05, 0.1) is 19.1 Å². The number of carbonyl (C=O) groups is 2. The second-order valence-corrected chi connectivity index (χ2v) is 4.56. The number of nitrogen functional groups attached to an aromatic ring is 1. The Morgan fingerprint density at radius 1 is 1.40 bits per heavy atom. The van der Waals surface area contributed by atoms with Gasteiger partial charge in [-0.25, -0.2) is 0 Å². The highest BCUT2D eigenvalue weighted by atomic mass is 16.5. The van der Waals surface area contributed by atoms with Crippen molar-refractivity contribution in [2.45, 2.75) is 6.42 Å². The van der Waals surface area contributed by atoms with Crippen molar-refractivity contribution in [2.75, 3.05) is 26.4 Å². The first-order valence-corrected chi connectivity index (χ1v) is 6.22. The number of hydrogen-bond acceptors (Lipinski definition) is 4. The standard InChI is InChI=1S/C14H17N3O3/c1-17(6-5-13(18)20-2)14(19)11-8-16-12-4-3-9(15)7-10(11)12/h3-4,7-8,16H,5-6,15H2,1-2H3. The van der Waals surface area contributed by atoms with Gasteiger partial charge in [0, 0.05) is 36.4 Å². The summed E-state index contributed by atoms with van der Waals surface area (Å²) in [5, 5.41) is 0.778. The number of hydrogen-bond donors (Lipinski definition) is 2. The molecule has 3 N–H and O–H groups in total. The lowest BCUT2D eigenvalue weighted by Crippen LogP contribution is -2.29. The van der Waals surface area contributed by atoms with Crippen LogP contribution in [0, 0.1) is 0 Å². The van der Waals surface area contributed by atoms with Gasteiger partial charge in [0.2, 0.25) is 0 Å². The van der Waals surface area contributed by atoms with Gasteiger partial charge in [0.1, 0.15) is 0 Å². The number of amides is 1. The Bertz CT molecular complexity index is 648. The number of rotatable bonds is 4. The second kappa shape index (κ2) is 5.64. The second-order valence-electron chi connectivity index (χ2n) is 4.56. The van der Waals surface area contributed by atoms with E-state index >= 15 is 0 Å². The number of nitrogens with one attached hydrogen (secondary N) is 1. The number of ether oxygens (including phenoxy) is 1. The molecule has 0 spiro atoms. The predicted molar refractivity (Wildman–Crippen MR) is 76.3 cm³/mol. The molecule has 0 aliphatic carbocycles. The fourth-order valence-electron chi connectivity index (χ4n) is 1.98. The molecule has 1 aromatic carbocycles. The zero-order valence-electron chi connectivity index (χ0n) is 11.5. The van der Waals surface area contributed by atoms with E-state index in [0.29, 0.717) is 17.8 Å². The molecule has 0 saturated carbocycles. The third kappa shape index (κ3) is 2.74. The van der Waals surface area contributed by atoms with Crippen molar-refractivity contribution < 1.29 is 14.3 Å². The minimum atomic E-state index is -0.340. The number of fused-ring (bicyclic) bond motifs is 1. The Morgan fingerprint density at radius 3 is 2.85 bits per heavy atom. The molecule has 0 radical (unpaired) electrons. The van der Waals surface area contributed by atoms with Crippen LogP contribution in [0.2, 0.25) is 0 Å². The van der Waals surface area contributed by atoms with Gasteiger partial charge in [-0.15, -0.1) is 0 Å². The molecule has 0 aliphatic heterocycles. The van der Waals surface area contributed by atoms with E-state index in [-0.39, 0.29) is 18.3 Å². The number of carbonyl (C=O) groups excluding carboxylic acids is 2. The minimum Gasteiger partial charge on any atom is -0.469 e. The maximum absolute atomic E-state index is 12.3. The monoisotopic (exact) mass is 275 g/mol. The van der Waals surface area contributed by atoms with Crippen LogP contribution < -0.4 is 5.73 Å². The Balaban J connectivity index is 2.18. The summed E-state index contributed by atoms with van der Waals surface area (Å²) in [5.41, 5.74) is 7.74. The van der Waals surface area contributed by atoms with E-state index in [1.807, 2.05) is 6.07 Å². The Hall–Kier alpha value is -2.50. The maximum Gasteiger partial charge on any atom is 0.307 e. The summed E-state index contributed by atoms with van der Waals surface area (Å²) in [6.07, 6.45) is 1.82. The summed E-state index contributed by atoms with van der Waals surface area (Å²) < 4.78 is 4.56. The van der Waals surface area contributed by atoms with Crippen molar-refractivity contribution in [3.8, 4) is 0 Å². The van der Waals surface area contributed by atoms with Gasteiger partial charge in [-0.2, -0.15) is 0 Å². The minimum absolute atomic E-state index is 0.161. The number of esters is 1. The van der Waals surface area contributed by atoms with Crippen molar-refractivity contribution in [3.63, 3.8) is 0 Å². The number of anilines is 1. The summed E-state index contributed by atoms with van der Waals surface area (Å²) in [6.45, 7) is 0.306. The normalized spacial score (nSPS) is 10.5. The highest BCUT2D eigenvalue weighted by Gasteiger charge is 2.17. The zero-order chi connectivity index (χ0) is 14.7. The molecule has 0 saturated heterocycles. The molecule has 0 atom stereocenters. The van der Waals surface area contributed by atoms with Crippen LogP contribution in [0.5, 0.6) is 0 Å². The van der Waals surface area contributed by atoms with Crippen LogP contribution in [-0.2, 0) is 9.53 Å². The summed E-state index contributed by atoms with van der Waals surface area (Å²) in [4.78, 5) is 28.0. The number of nitrogens with two attached hydrogens (primary N) is 1. The third-order valence-electron chi connectivity index (χ3n) is 3.16. The Kier molecular flexibility index (Phi) is 3.93. The van der Waals surface area contributed by atoms with Crippen LogP contribution in [-0.4, -0.2) is 42.5 Å². The molecule has 1 heterocycles. The van der Waals surface area contributed by atoms with Gasteiger partial charge in [0.15, 0.2) is 0 Å². The molecule has 0 bridgehead atoms. The molecule has 0 aliphatic rings. The molecule has 2 rings (SSSR count). The van der Waals surface area contributed by atoms with Crippen molar-refractivity contribution >= 4 is 28.5 Å². The Morgan fingerprint density at radius 2 is 2.15 bits per heavy atom. The number of methoxy groups -OCH3 is 1. The van der Waals surface area contributed by atoms with Gasteiger partial charge in [-0.05, 0) is 18.2 Å². The first-order valence-electron chi connectivity index (χ1n) is 6.22. The number of aromatic amines is 1. The first kappa shape index (κ1) is 13.9. The lowest BCUT2D eigenvalue weighted by Gasteiger charge is -2.15. The van der Waals surface area contributed by atoms with E-state index in [9.17, 15) is 9.59 Å². The van der Waals surface area contributed by atoms with Crippen LogP contribution in [0.1, 0.15) is 16.8 Å². The van der Waals surface area contributed by atoms with Crippen molar-refractivity contribution in [1.29, 1.82) is 0 Å². The van der Waals surface area contributed by atoms with Gasteiger partial charge in [0.25, 0.3) is 5.91 Å². The molecule has 20 heavy (non-hydrogen) atoms. The van der Waals surface area contributed by atoms with Crippen molar-refractivity contribution in [3.05, 3.63) is 30.0 Å². The quantitative estimate of drug-likeness (QED) is 0.652. The van der Waals surface area contributed by atoms with E-state index in [0.717, 1.165) is 10.9 Å². The van der Waals surface area contributed by atoms with Crippen LogP contribution in [0.4, 0.5) is 5.69 Å². The van der Waals surface area contributed by atoms with Crippen molar-refractivity contribution in [2.24, 2.45) is 0 Å². The molecule has 6 heteroatoms. The third-order valence-corrected chi connectivity index (χ3v) is 3.16. The van der Waals surface area contributed by atoms with Crippen molar-refractivity contribution in [1.82, 2.24) is 9.88 Å². The van der Waals surface area contributed by atoms with E-state index in [1.54, 1.807) is 25.4 Å². The largest absolute Gasteiger partial charge is 0.469 e. The van der Waals surface area contributed by atoms with Gasteiger partial charge in [-0.3, -0.25) is 9.59 Å². The fraction of sp³-hybridized carbons (Fsp3) is 0.286. The summed E-state index contributed by atoms with van der Waals surface area (Å²) in [5.74, 6) is -0.501. The average Bonchev–Trinajstić information content (AvgIpc) is 2.86. The molecule has 1 amide bonds. The van der Waals surface area contributed by atoms with Crippen LogP contribution in [0.25, 0.3) is 10.9 Å². The SMILES string of the molecule is COC(=O)CCN(C)C(=O)c1c[nH]c2ccc(N)cc12. The van der Waals surface area contributed by atoms with Crippen LogP contribution >= 0.6 is 0 Å². The average molecular weight is 275 g/mol. The topological polar surface area (TPSA) is 88.4 Å². The zero-order valence-corrected chi connectivity index (χ0v) is 11.5. The van der Waals surface area contributed by atoms with Crippen LogP contribution in [0.15, 0.2) is 24.4 Å². The summed E-state index contributed by atoms with van der Waals surface area (Å²) in [6, 6.07) is 5.36. The van der Waals surface area contributed by atoms with Gasteiger partial charge >= 0.3 is 5.97 Å². The highest BCUT2D eigenvalue weighted by molar-refractivity contribution is 6.07. The van der Waals surface area contributed by atoms with Crippen LogP contribution in [0.3, 0.4) is 0 Å². The maximum atomic E-state index is 12.3. The van der Waals surface area contributed by atoms with E-state index in [4.69, 9.17) is 5.73 Å². The lowest BCUT2D eigenvalue weighted by atomic mass is 10.1. The molecule has 106 valence electrons. The lowest BCUT2D eigenvalue weighted by molar-refractivity contribution is -0.140. The molecule has 0 fully saturated rings. The fourth-order valence-corrected chi connectivity index (χ4v) is 1.98. The molecule has 0 unspecified atom stereocenters. The molecular weight excluding hydrogens is 258 g/mol. The smallest absolute Gasteiger partial charge is 0.307 e. The number of aromatic nitrogens is 1. The summed E-state index contributed by atoms with van der Waals surface area (Å²) in [7, 11) is 2.98. The van der Waals surface area contributed by atoms with E-state index < -0.39 is 0 Å². The molecule has 2 aromatic rings. The summed E-state index contributed by atoms with van der Waals surface area (Å²) >= 11 is 0. The highest BCUT2D eigenvalue weighted by Crippen LogP contribution is 2.22. The number of nitrogens with zero attached hydrogens (tertiary/aromatic N) is 1. The Labute approximate surface area is 116 Å². The van der Waals surface area contributed by atoms with E-state index in [1.165, 1.54) is 12.0 Å². The van der Waals surface area contributed by atoms with Gasteiger partial charge < -0.3 is 20.4 Å². The molecule has 6 nitrogen and oxygen atoms in total. The van der Waals surface area contributed by atoms with Gasteiger partial charge in [-0.1, -0.05) is 0 Å². The molecular formula is C14H17N3O3. The number of H-pyrrole nitrogens is 1. The van der Waals surface area contributed by atoms with E-state index in [2.05, 4.69) is 9.72 Å². The molecule has 1 aromatic heterocycles. The first-order chi connectivity index (χ1) is 9.52. The number of benzene rings is 1. The predicted octanol–water partition coefficient (Wildman–Crippen LogP) is 1.39.